The molecule has 4 rings (SSSR count). The van der Waals surface area contributed by atoms with Crippen LogP contribution >= 0.6 is 11.6 Å². The van der Waals surface area contributed by atoms with E-state index < -0.39 is 34.5 Å². The second kappa shape index (κ2) is 8.81. The molecule has 0 unspecified atom stereocenters. The summed E-state index contributed by atoms with van der Waals surface area (Å²) < 4.78 is 92.2. The number of fused-ring (bicyclic) bond motifs is 1. The van der Waals surface area contributed by atoms with E-state index in [1.807, 2.05) is 0 Å². The van der Waals surface area contributed by atoms with Crippen LogP contribution in [-0.4, -0.2) is 24.2 Å². The third-order valence-corrected chi connectivity index (χ3v) is 5.95. The summed E-state index contributed by atoms with van der Waals surface area (Å²) in [6.45, 7) is 0.275. The number of hydrogen-bond donors (Lipinski definition) is 1. The molecule has 0 aliphatic carbocycles. The van der Waals surface area contributed by atoms with Gasteiger partial charge < -0.3 is 10.2 Å². The summed E-state index contributed by atoms with van der Waals surface area (Å²) in [5.41, 5.74) is -6.04. The van der Waals surface area contributed by atoms with Crippen LogP contribution in [0.4, 0.5) is 42.1 Å². The zero-order valence-electron chi connectivity index (χ0n) is 17.8. The van der Waals surface area contributed by atoms with E-state index in [0.717, 1.165) is 5.56 Å². The monoisotopic (exact) mass is 530 g/mol. The number of carbonyl (C=O) groups excluding carboxylic acids is 2. The van der Waals surface area contributed by atoms with Crippen molar-refractivity contribution < 1.29 is 40.3 Å². The van der Waals surface area contributed by atoms with Crippen molar-refractivity contribution in [1.29, 1.82) is 0 Å². The summed E-state index contributed by atoms with van der Waals surface area (Å²) in [4.78, 5) is 26.9. The number of anilines is 2. The molecule has 188 valence electrons. The number of nitrogens with zero attached hydrogens (tertiary/aromatic N) is 1. The van der Waals surface area contributed by atoms with Crippen molar-refractivity contribution in [3.63, 3.8) is 0 Å². The van der Waals surface area contributed by atoms with E-state index in [-0.39, 0.29) is 35.8 Å². The zero-order chi connectivity index (χ0) is 26.5. The number of carbonyl (C=O) groups is 2. The molecule has 1 aliphatic heterocycles. The first kappa shape index (κ1) is 25.5. The van der Waals surface area contributed by atoms with Crippen LogP contribution in [0.5, 0.6) is 0 Å². The Morgan fingerprint density at radius 2 is 1.53 bits per heavy atom. The van der Waals surface area contributed by atoms with E-state index in [1.54, 1.807) is 30.3 Å². The molecule has 1 heterocycles. The molecular weight excluding hydrogens is 517 g/mol. The summed E-state index contributed by atoms with van der Waals surface area (Å²) >= 11 is 5.80. The first-order valence-corrected chi connectivity index (χ1v) is 10.6. The highest BCUT2D eigenvalue weighted by Gasteiger charge is 2.73. The fourth-order valence-electron chi connectivity index (χ4n) is 3.79. The molecule has 0 aromatic heterocycles. The van der Waals surface area contributed by atoms with Gasteiger partial charge in [-0.15, -0.1) is 0 Å². The lowest BCUT2D eigenvalue weighted by molar-refractivity contribution is -0.348. The SMILES string of the molecule is O=C(Nc1ccc(C(F)(C(F)(F)F)C(F)(F)F)cc1Cl)c1cccc(N2Cc3ccccc3C2=O)c1. The molecule has 0 spiro atoms. The Labute approximate surface area is 204 Å². The first-order valence-electron chi connectivity index (χ1n) is 10.2. The van der Waals surface area contributed by atoms with Gasteiger partial charge in [0.25, 0.3) is 11.8 Å². The lowest BCUT2D eigenvalue weighted by Gasteiger charge is -2.30. The molecule has 4 nitrogen and oxygen atoms in total. The van der Waals surface area contributed by atoms with E-state index in [4.69, 9.17) is 11.6 Å². The average molecular weight is 531 g/mol. The van der Waals surface area contributed by atoms with Gasteiger partial charge in [0.15, 0.2) is 0 Å². The van der Waals surface area contributed by atoms with Gasteiger partial charge in [-0.25, -0.2) is 4.39 Å². The van der Waals surface area contributed by atoms with Crippen molar-refractivity contribution in [2.75, 3.05) is 10.2 Å². The van der Waals surface area contributed by atoms with Gasteiger partial charge in [-0.2, -0.15) is 26.3 Å². The van der Waals surface area contributed by atoms with Crippen LogP contribution in [0.15, 0.2) is 66.7 Å². The molecule has 1 aliphatic rings. The quantitative estimate of drug-likeness (QED) is 0.368. The van der Waals surface area contributed by atoms with Crippen molar-refractivity contribution in [3.8, 4) is 0 Å². The molecule has 0 bridgehead atoms. The average Bonchev–Trinajstić information content (AvgIpc) is 3.15. The number of halogens is 8. The molecule has 12 heteroatoms. The van der Waals surface area contributed by atoms with Crippen LogP contribution in [0.2, 0.25) is 5.02 Å². The van der Waals surface area contributed by atoms with Crippen molar-refractivity contribution in [2.24, 2.45) is 0 Å². The van der Waals surface area contributed by atoms with E-state index in [1.165, 1.54) is 23.1 Å². The van der Waals surface area contributed by atoms with E-state index in [2.05, 4.69) is 5.32 Å². The highest BCUT2D eigenvalue weighted by Crippen LogP contribution is 2.53. The van der Waals surface area contributed by atoms with Gasteiger partial charge in [0.1, 0.15) is 0 Å². The Kier molecular flexibility index (Phi) is 6.24. The van der Waals surface area contributed by atoms with Crippen LogP contribution in [-0.2, 0) is 12.2 Å². The molecule has 0 saturated heterocycles. The summed E-state index contributed by atoms with van der Waals surface area (Å²) in [5, 5.41) is 1.53. The van der Waals surface area contributed by atoms with Gasteiger partial charge in [-0.3, -0.25) is 9.59 Å². The van der Waals surface area contributed by atoms with Crippen molar-refractivity contribution in [2.45, 2.75) is 24.6 Å². The first-order chi connectivity index (χ1) is 16.7. The van der Waals surface area contributed by atoms with Gasteiger partial charge in [-0.1, -0.05) is 41.9 Å². The molecule has 3 aromatic carbocycles. The fraction of sp³-hybridized carbons (Fsp3) is 0.167. The molecule has 0 fully saturated rings. The highest BCUT2D eigenvalue weighted by atomic mass is 35.5. The van der Waals surface area contributed by atoms with Crippen LogP contribution in [0, 0.1) is 0 Å². The molecule has 2 amide bonds. The molecule has 0 radical (unpaired) electrons. The van der Waals surface area contributed by atoms with Crippen molar-refractivity contribution >= 4 is 34.8 Å². The number of nitrogens with one attached hydrogen (secondary N) is 1. The van der Waals surface area contributed by atoms with Gasteiger partial charge in [0.05, 0.1) is 17.3 Å². The van der Waals surface area contributed by atoms with Crippen LogP contribution in [0.1, 0.15) is 31.8 Å². The normalized spacial score (nSPS) is 14.1. The predicted molar refractivity (Wildman–Crippen MR) is 118 cm³/mol. The lowest BCUT2D eigenvalue weighted by Crippen LogP contribution is -2.50. The maximum absolute atomic E-state index is 14.3. The number of benzene rings is 3. The second-order valence-electron chi connectivity index (χ2n) is 7.90. The highest BCUT2D eigenvalue weighted by molar-refractivity contribution is 6.34. The Bertz CT molecular complexity index is 1340. The van der Waals surface area contributed by atoms with Gasteiger partial charge in [0.2, 0.25) is 0 Å². The number of hydrogen-bond acceptors (Lipinski definition) is 2. The summed E-state index contributed by atoms with van der Waals surface area (Å²) in [6, 6.07) is 13.9. The van der Waals surface area contributed by atoms with Crippen LogP contribution in [0.25, 0.3) is 0 Å². The summed E-state index contributed by atoms with van der Waals surface area (Å²) in [7, 11) is 0. The molecule has 0 atom stereocenters. The zero-order valence-corrected chi connectivity index (χ0v) is 18.6. The Hall–Kier alpha value is -3.60. The second-order valence-corrected chi connectivity index (χ2v) is 8.31. The van der Waals surface area contributed by atoms with Crippen molar-refractivity contribution in [3.05, 3.63) is 94.0 Å². The Morgan fingerprint density at radius 1 is 0.861 bits per heavy atom. The fourth-order valence-corrected chi connectivity index (χ4v) is 4.02. The minimum absolute atomic E-state index is 0.0295. The van der Waals surface area contributed by atoms with Gasteiger partial charge in [0, 0.05) is 22.4 Å². The number of rotatable bonds is 4. The standard InChI is InChI=1S/C24H14ClF7N2O2/c25-18-11-15(22(26,23(27,28)29)24(30,31)32)8-9-19(18)33-20(35)13-5-3-6-16(10-13)34-12-14-4-1-2-7-17(14)21(34)36/h1-11H,12H2,(H,33,35). The Balaban J connectivity index is 1.57. The van der Waals surface area contributed by atoms with Crippen LogP contribution in [0.3, 0.4) is 0 Å². The smallest absolute Gasteiger partial charge is 0.321 e. The van der Waals surface area contributed by atoms with Gasteiger partial charge in [-0.05, 0) is 42.0 Å². The summed E-state index contributed by atoms with van der Waals surface area (Å²) in [6.07, 6.45) is -12.6. The maximum Gasteiger partial charge on any atom is 0.435 e. The van der Waals surface area contributed by atoms with Crippen molar-refractivity contribution in [1.82, 2.24) is 0 Å². The van der Waals surface area contributed by atoms with E-state index in [9.17, 15) is 40.3 Å². The van der Waals surface area contributed by atoms with E-state index >= 15 is 0 Å². The van der Waals surface area contributed by atoms with Crippen LogP contribution < -0.4 is 10.2 Å². The minimum atomic E-state index is -6.30. The molecule has 0 saturated carbocycles. The Morgan fingerprint density at radius 3 is 2.14 bits per heavy atom. The molecule has 36 heavy (non-hydrogen) atoms. The molecular formula is C24H14ClF7N2O2. The lowest BCUT2D eigenvalue weighted by atomic mass is 9.94. The third-order valence-electron chi connectivity index (χ3n) is 5.64. The van der Waals surface area contributed by atoms with E-state index in [0.29, 0.717) is 17.3 Å². The summed E-state index contributed by atoms with van der Waals surface area (Å²) in [5.74, 6) is -1.08. The van der Waals surface area contributed by atoms with Gasteiger partial charge >= 0.3 is 18.0 Å². The third kappa shape index (κ3) is 4.27. The number of alkyl halides is 7. The predicted octanol–water partition coefficient (Wildman–Crippen LogP) is 7.04. The topological polar surface area (TPSA) is 49.4 Å². The number of amides is 2. The maximum atomic E-state index is 14.3. The largest absolute Gasteiger partial charge is 0.435 e. The minimum Gasteiger partial charge on any atom is -0.321 e. The molecule has 1 N–H and O–H groups in total. The molecule has 3 aromatic rings.